The van der Waals surface area contributed by atoms with Crippen molar-refractivity contribution < 1.29 is 38.4 Å². The topological polar surface area (TPSA) is 291 Å². The summed E-state index contributed by atoms with van der Waals surface area (Å²) in [5, 5.41) is 39.6. The zero-order valence-electron chi connectivity index (χ0n) is 15.2. The van der Waals surface area contributed by atoms with Crippen molar-refractivity contribution in [3.63, 3.8) is 0 Å². The van der Waals surface area contributed by atoms with Gasteiger partial charge in [0.1, 0.15) is 5.84 Å². The minimum atomic E-state index is -3.92. The van der Waals surface area contributed by atoms with Gasteiger partial charge in [-0.3, -0.25) is 0 Å². The Kier molecular flexibility index (Phi) is 11.8. The second-order valence-electron chi connectivity index (χ2n) is 5.12. The maximum Gasteiger partial charge on any atom is 0.335 e. The largest absolute Gasteiger partial charge is 0.479 e. The van der Waals surface area contributed by atoms with Gasteiger partial charge in [-0.25, -0.2) is 19.7 Å². The van der Waals surface area contributed by atoms with Gasteiger partial charge in [-0.05, 0) is 0 Å². The number of aliphatic carboxylic acids is 2. The first kappa shape index (κ1) is 27.5. The van der Waals surface area contributed by atoms with Crippen molar-refractivity contribution in [1.82, 2.24) is 4.98 Å². The summed E-state index contributed by atoms with van der Waals surface area (Å²) in [6.07, 6.45) is -4.21. The molecule has 18 heteroatoms. The van der Waals surface area contributed by atoms with Crippen LogP contribution in [0, 0.1) is 0 Å². The van der Waals surface area contributed by atoms with E-state index in [4.69, 9.17) is 42.8 Å². The van der Waals surface area contributed by atoms with Gasteiger partial charge in [0.15, 0.2) is 18.2 Å². The molecule has 0 bridgehead atoms. The maximum atomic E-state index is 10.6. The number of guanidine groups is 1. The summed E-state index contributed by atoms with van der Waals surface area (Å²) in [5.41, 5.74) is 16.7. The number of carboxylic acid groups (broad SMARTS) is 2. The Morgan fingerprint density at radius 1 is 1.17 bits per heavy atom. The van der Waals surface area contributed by atoms with E-state index in [1.165, 1.54) is 23.1 Å². The van der Waals surface area contributed by atoms with Gasteiger partial charge in [0.2, 0.25) is 5.13 Å². The number of nitrogens with zero attached hydrogens (tertiary/aromatic N) is 3. The first-order valence-corrected chi connectivity index (χ1v) is 11.1. The Hall–Kier alpha value is -2.51. The Labute approximate surface area is 178 Å². The molecule has 0 radical (unpaired) electrons. The Morgan fingerprint density at radius 2 is 1.70 bits per heavy atom. The van der Waals surface area contributed by atoms with Crippen LogP contribution < -0.4 is 22.3 Å². The smallest absolute Gasteiger partial charge is 0.335 e. The van der Waals surface area contributed by atoms with Crippen molar-refractivity contribution in [1.29, 1.82) is 0 Å². The Balaban J connectivity index is 0.000000710. The molecule has 30 heavy (non-hydrogen) atoms. The first-order chi connectivity index (χ1) is 13.7. The number of amidine groups is 1. The van der Waals surface area contributed by atoms with E-state index in [9.17, 15) is 18.0 Å². The first-order valence-electron chi connectivity index (χ1n) is 7.53. The summed E-state index contributed by atoms with van der Waals surface area (Å²) in [6.45, 7) is 0. The Bertz CT molecular complexity index is 864. The predicted octanol–water partition coefficient (Wildman–Crippen LogP) is -2.89. The van der Waals surface area contributed by atoms with Crippen LogP contribution in [0.3, 0.4) is 0 Å². The zero-order valence-corrected chi connectivity index (χ0v) is 17.6. The second kappa shape index (κ2) is 12.9. The number of aromatic nitrogens is 1. The molecule has 0 fully saturated rings. The normalized spacial score (nSPS) is 13.5. The van der Waals surface area contributed by atoms with Gasteiger partial charge in [0.05, 0.1) is 5.69 Å². The number of aliphatic imine (C=N–C) groups is 1. The number of aliphatic hydroxyl groups excluding tert-OH is 2. The van der Waals surface area contributed by atoms with Crippen LogP contribution in [0.15, 0.2) is 14.8 Å². The fourth-order valence-corrected chi connectivity index (χ4v) is 3.44. The van der Waals surface area contributed by atoms with Crippen molar-refractivity contribution in [3.05, 3.63) is 11.1 Å². The van der Waals surface area contributed by atoms with E-state index in [1.807, 2.05) is 5.38 Å². The van der Waals surface area contributed by atoms with Crippen molar-refractivity contribution >= 4 is 62.2 Å². The minimum absolute atomic E-state index is 0.0144. The predicted molar refractivity (Wildman–Crippen MR) is 110 cm³/mol. The summed E-state index contributed by atoms with van der Waals surface area (Å²) in [5.74, 6) is -2.35. The van der Waals surface area contributed by atoms with Crippen molar-refractivity contribution in [2.24, 2.45) is 31.7 Å². The number of thioether (sulfide) groups is 1. The Morgan fingerprint density at radius 3 is 2.13 bits per heavy atom. The monoisotopic (exact) mass is 487 g/mol. The van der Waals surface area contributed by atoms with E-state index in [-0.39, 0.29) is 11.8 Å². The van der Waals surface area contributed by atoms with Crippen molar-refractivity contribution in [3.8, 4) is 0 Å². The molecular weight excluding hydrogens is 466 g/mol. The molecular formula is C12H21N7O8S3. The molecule has 1 aromatic rings. The average Bonchev–Trinajstić information content (AvgIpc) is 3.02. The van der Waals surface area contributed by atoms with Gasteiger partial charge in [-0.15, -0.1) is 15.7 Å². The summed E-state index contributed by atoms with van der Waals surface area (Å²) < 4.78 is 24.5. The standard InChI is InChI=1S/C8H15N7O2S3.C4H6O6/c9-6(15-20(12,16)17)1-2-18-3-5-4-19-8(13-5)14-7(10)11;5-1(3(7)8)2(6)4(9)10/h4H,1-3H2,(H2,9,15)(H2,12,16,17)(H4,10,11,13,14);1-2,5-6H,(H,7,8)(H,9,10). The third kappa shape index (κ3) is 12.9. The SMILES string of the molecule is NC(N)=Nc1nc(CSCCC(N)=NS(N)(=O)=O)cs1.O=C(O)C(O)C(O)C(=O)O. The van der Waals surface area contributed by atoms with Crippen LogP contribution in [0.1, 0.15) is 12.1 Å². The molecule has 0 saturated heterocycles. The lowest BCUT2D eigenvalue weighted by Crippen LogP contribution is -2.39. The quantitative estimate of drug-likeness (QED) is 0.0934. The third-order valence-electron chi connectivity index (χ3n) is 2.57. The summed E-state index contributed by atoms with van der Waals surface area (Å²) in [7, 11) is -3.92. The molecule has 170 valence electrons. The number of carboxylic acids is 2. The van der Waals surface area contributed by atoms with Gasteiger partial charge in [0, 0.05) is 23.3 Å². The fraction of sp³-hybridized carbons (Fsp3) is 0.417. The maximum absolute atomic E-state index is 10.6. The molecule has 0 amide bonds. The van der Waals surface area contributed by atoms with Crippen LogP contribution >= 0.6 is 23.1 Å². The van der Waals surface area contributed by atoms with Crippen LogP contribution in [-0.2, 0) is 25.6 Å². The lowest BCUT2D eigenvalue weighted by molar-refractivity contribution is -0.165. The fourth-order valence-electron chi connectivity index (χ4n) is 1.36. The van der Waals surface area contributed by atoms with E-state index in [2.05, 4.69) is 14.4 Å². The molecule has 0 aliphatic heterocycles. The number of carbonyl (C=O) groups is 2. The third-order valence-corrected chi connectivity index (χ3v) is 4.83. The minimum Gasteiger partial charge on any atom is -0.479 e. The molecule has 0 saturated carbocycles. The number of aliphatic hydroxyl groups is 2. The highest BCUT2D eigenvalue weighted by molar-refractivity contribution is 7.98. The molecule has 2 atom stereocenters. The number of thiazole rings is 1. The van der Waals surface area contributed by atoms with E-state index in [0.29, 0.717) is 23.1 Å². The molecule has 1 rings (SSSR count). The summed E-state index contributed by atoms with van der Waals surface area (Å²) in [6, 6.07) is 0. The van der Waals surface area contributed by atoms with Crippen molar-refractivity contribution in [2.75, 3.05) is 5.75 Å². The van der Waals surface area contributed by atoms with Crippen LogP contribution in [0.25, 0.3) is 0 Å². The highest BCUT2D eigenvalue weighted by Gasteiger charge is 2.29. The van der Waals surface area contributed by atoms with Crippen LogP contribution in [0.5, 0.6) is 0 Å². The lowest BCUT2D eigenvalue weighted by atomic mass is 10.2. The highest BCUT2D eigenvalue weighted by atomic mass is 32.2. The van der Waals surface area contributed by atoms with Gasteiger partial charge in [0.25, 0.3) is 0 Å². The molecule has 1 aromatic heterocycles. The van der Waals surface area contributed by atoms with Crippen molar-refractivity contribution in [2.45, 2.75) is 24.4 Å². The van der Waals surface area contributed by atoms with E-state index < -0.39 is 34.4 Å². The number of hydrogen-bond acceptors (Lipinski definition) is 10. The molecule has 0 spiro atoms. The summed E-state index contributed by atoms with van der Waals surface area (Å²) >= 11 is 2.86. The number of nitrogens with two attached hydrogens (primary N) is 4. The van der Waals surface area contributed by atoms with Gasteiger partial charge in [-0.1, -0.05) is 0 Å². The molecule has 1 heterocycles. The van der Waals surface area contributed by atoms with Gasteiger partial charge in [-0.2, -0.15) is 25.2 Å². The molecule has 2 unspecified atom stereocenters. The average molecular weight is 488 g/mol. The number of hydrogen-bond donors (Lipinski definition) is 8. The highest BCUT2D eigenvalue weighted by Crippen LogP contribution is 2.21. The molecule has 0 aromatic carbocycles. The van der Waals surface area contributed by atoms with E-state index >= 15 is 0 Å². The molecule has 0 aliphatic carbocycles. The van der Waals surface area contributed by atoms with E-state index in [0.717, 1.165) is 5.69 Å². The van der Waals surface area contributed by atoms with E-state index in [1.54, 1.807) is 0 Å². The molecule has 12 N–H and O–H groups in total. The summed E-state index contributed by atoms with van der Waals surface area (Å²) in [4.78, 5) is 27.6. The zero-order chi connectivity index (χ0) is 23.5. The van der Waals surface area contributed by atoms with Crippen LogP contribution in [0.2, 0.25) is 0 Å². The van der Waals surface area contributed by atoms with Gasteiger partial charge < -0.3 is 37.6 Å². The van der Waals surface area contributed by atoms with Gasteiger partial charge >= 0.3 is 22.1 Å². The lowest BCUT2D eigenvalue weighted by Gasteiger charge is -2.07. The van der Waals surface area contributed by atoms with Crippen LogP contribution in [-0.4, -0.2) is 75.5 Å². The second-order valence-corrected chi connectivity index (χ2v) is 8.28. The molecule has 0 aliphatic rings. The number of rotatable bonds is 10. The van der Waals surface area contributed by atoms with Crippen LogP contribution in [0.4, 0.5) is 5.13 Å². The molecule has 15 nitrogen and oxygen atoms in total.